The molecule has 62 valence electrons. The third kappa shape index (κ3) is 2.19. The van der Waals surface area contributed by atoms with Gasteiger partial charge in [0, 0.05) is 9.82 Å². The van der Waals surface area contributed by atoms with Gasteiger partial charge in [-0.1, -0.05) is 0 Å². The molecule has 0 saturated carbocycles. The average Bonchev–Trinajstić information content (AvgIpc) is 2.04. The van der Waals surface area contributed by atoms with E-state index >= 15 is 0 Å². The molecule has 1 heterocycles. The molecule has 0 bridgehead atoms. The van der Waals surface area contributed by atoms with Crippen molar-refractivity contribution in [2.45, 2.75) is 0 Å². The first-order valence-corrected chi connectivity index (χ1v) is 2.81. The van der Waals surface area contributed by atoms with E-state index < -0.39 is 5.95 Å². The van der Waals surface area contributed by atoms with Gasteiger partial charge >= 0.3 is 0 Å². The molecule has 0 aliphatic carbocycles. The van der Waals surface area contributed by atoms with Crippen LogP contribution in [0.2, 0.25) is 0 Å². The van der Waals surface area contributed by atoms with E-state index in [4.69, 9.17) is 16.8 Å². The molecule has 0 aliphatic heterocycles. The summed E-state index contributed by atoms with van der Waals surface area (Å²) in [5, 5.41) is 5.97. The molecule has 13 heavy (non-hydrogen) atoms. The van der Waals surface area contributed by atoms with Crippen LogP contribution in [0.15, 0.2) is 10.2 Å². The lowest BCUT2D eigenvalue weighted by Crippen LogP contribution is -1.87. The van der Waals surface area contributed by atoms with Gasteiger partial charge in [-0.3, -0.25) is 0 Å². The Morgan fingerprint density at radius 2 is 1.46 bits per heavy atom. The van der Waals surface area contributed by atoms with Crippen molar-refractivity contribution in [1.82, 2.24) is 20.7 Å². The molecule has 0 saturated heterocycles. The van der Waals surface area contributed by atoms with Gasteiger partial charge in [-0.15, -0.1) is 5.73 Å². The van der Waals surface area contributed by atoms with Gasteiger partial charge in [-0.05, 0) is 21.3 Å². The van der Waals surface area contributed by atoms with Gasteiger partial charge in [0.15, 0.2) is 0 Å². The quantitative estimate of drug-likeness (QED) is 0.379. The second kappa shape index (κ2) is 3.72. The monoisotopic (exact) mass is 176 g/mol. The Kier molecular flexibility index (Phi) is 2.44. The minimum Gasteiger partial charge on any atom is -0.205 e. The van der Waals surface area contributed by atoms with Crippen LogP contribution in [0.1, 0.15) is 0 Å². The molecule has 0 aliphatic rings. The normalized spacial score (nSPS) is 8.31. The second-order valence-corrected chi connectivity index (χ2v) is 1.61. The van der Waals surface area contributed by atoms with Gasteiger partial charge in [0.25, 0.3) is 5.95 Å². The van der Waals surface area contributed by atoms with Crippen LogP contribution in [-0.2, 0) is 0 Å². The molecule has 0 fully saturated rings. The van der Waals surface area contributed by atoms with Crippen LogP contribution in [0.5, 0.6) is 0 Å². The van der Waals surface area contributed by atoms with Crippen molar-refractivity contribution >= 4 is 17.8 Å². The summed E-state index contributed by atoms with van der Waals surface area (Å²) < 4.78 is 0. The zero-order valence-electron chi connectivity index (χ0n) is 5.97. The van der Waals surface area contributed by atoms with Gasteiger partial charge in [0.05, 0.1) is 0 Å². The van der Waals surface area contributed by atoms with Crippen molar-refractivity contribution in [3.63, 3.8) is 0 Å². The van der Waals surface area contributed by atoms with Crippen LogP contribution in [0.3, 0.4) is 0 Å². The van der Waals surface area contributed by atoms with Crippen molar-refractivity contribution in [1.29, 1.82) is 0 Å². The number of azide groups is 2. The van der Waals surface area contributed by atoms with Crippen LogP contribution in [0.4, 0.5) is 17.8 Å². The van der Waals surface area contributed by atoms with Gasteiger partial charge < -0.3 is 0 Å². The van der Waals surface area contributed by atoms with E-state index in [1.54, 1.807) is 0 Å². The Labute approximate surface area is 70.7 Å². The van der Waals surface area contributed by atoms with Crippen molar-refractivity contribution in [3.8, 4) is 0 Å². The third-order valence-electron chi connectivity index (χ3n) is 0.868. The Morgan fingerprint density at radius 1 is 1.00 bits per heavy atom. The fraction of sp³-hybridized carbons (Fsp3) is 0. The molecule has 0 atom stereocenters. The fourth-order valence-electron chi connectivity index (χ4n) is 0.513. The Hall–Kier alpha value is -2.57. The van der Waals surface area contributed by atoms with Crippen molar-refractivity contribution in [2.75, 3.05) is 0 Å². The predicted molar refractivity (Wildman–Crippen MR) is 39.2 cm³/mol. The number of rotatable bonds is 2. The van der Waals surface area contributed by atoms with E-state index in [0.717, 1.165) is 0 Å². The van der Waals surface area contributed by atoms with Crippen LogP contribution in [0, 0.1) is 0 Å². The Bertz CT molecular complexity index is 372. The summed E-state index contributed by atoms with van der Waals surface area (Å²) >= 11 is 0. The standard InChI is InChI=1S/C3N10/c4-1-7-2(10-12-5)9-3(8-1)11-13-6. The summed E-state index contributed by atoms with van der Waals surface area (Å²) in [6.45, 7) is 0. The Balaban J connectivity index is 3.25. The lowest BCUT2D eigenvalue weighted by Gasteiger charge is -1.91. The van der Waals surface area contributed by atoms with Gasteiger partial charge in [0.2, 0.25) is 11.9 Å². The van der Waals surface area contributed by atoms with Gasteiger partial charge in [0.1, 0.15) is 0 Å². The molecule has 0 amide bonds. The minimum atomic E-state index is -0.681. The number of hydrogen-bond donors (Lipinski definition) is 0. The fourth-order valence-corrected chi connectivity index (χ4v) is 0.513. The van der Waals surface area contributed by atoms with Crippen LogP contribution in [-0.4, -0.2) is 15.0 Å². The van der Waals surface area contributed by atoms with Crippen LogP contribution >= 0.6 is 0 Å². The molecule has 10 nitrogen and oxygen atoms in total. The summed E-state index contributed by atoms with van der Waals surface area (Å²) in [6.07, 6.45) is 0. The summed E-state index contributed by atoms with van der Waals surface area (Å²) in [6, 6.07) is 0. The van der Waals surface area contributed by atoms with E-state index in [-0.39, 0.29) is 11.9 Å². The molecule has 1 aromatic rings. The zero-order chi connectivity index (χ0) is 9.68. The first-order chi connectivity index (χ1) is 6.26. The van der Waals surface area contributed by atoms with E-state index in [2.05, 4.69) is 35.0 Å². The molecule has 0 unspecified atom stereocenters. The first kappa shape index (κ1) is 8.53. The van der Waals surface area contributed by atoms with Crippen LogP contribution in [0.25, 0.3) is 20.9 Å². The molecular weight excluding hydrogens is 176 g/mol. The highest BCUT2D eigenvalue weighted by Gasteiger charge is 2.01. The minimum absolute atomic E-state index is 0.364. The highest BCUT2D eigenvalue weighted by molar-refractivity contribution is 5.30. The van der Waals surface area contributed by atoms with Crippen molar-refractivity contribution < 1.29 is 0 Å². The number of hydrogen-bond acceptors (Lipinski definition) is 5. The molecule has 10 heteroatoms. The summed E-state index contributed by atoms with van der Waals surface area (Å²) in [4.78, 5) is 14.6. The predicted octanol–water partition coefficient (Wildman–Crippen LogP) is 1.46. The highest BCUT2D eigenvalue weighted by Crippen LogP contribution is 2.12. The average molecular weight is 176 g/mol. The molecule has 0 spiro atoms. The molecule has 2 radical (unpaired) electrons. The maximum atomic E-state index is 8.82. The Morgan fingerprint density at radius 3 is 1.85 bits per heavy atom. The summed E-state index contributed by atoms with van der Waals surface area (Å²) in [7, 11) is 0. The van der Waals surface area contributed by atoms with Gasteiger partial charge in [-0.2, -0.15) is 9.97 Å². The lowest BCUT2D eigenvalue weighted by atomic mass is 10.8. The van der Waals surface area contributed by atoms with E-state index in [1.165, 1.54) is 0 Å². The maximum Gasteiger partial charge on any atom is 0.272 e. The van der Waals surface area contributed by atoms with E-state index in [9.17, 15) is 0 Å². The summed E-state index contributed by atoms with van der Waals surface area (Å²) in [5.41, 5.74) is 24.8. The second-order valence-electron chi connectivity index (χ2n) is 1.61. The molecular formula is C3N10. The third-order valence-corrected chi connectivity index (χ3v) is 0.868. The van der Waals surface area contributed by atoms with Gasteiger partial charge in [-0.25, -0.2) is 4.98 Å². The molecule has 1 aromatic heterocycles. The first-order valence-electron chi connectivity index (χ1n) is 2.81. The highest BCUT2D eigenvalue weighted by atomic mass is 15.3. The molecule has 1 rings (SSSR count). The van der Waals surface area contributed by atoms with E-state index in [1.807, 2.05) is 0 Å². The maximum absolute atomic E-state index is 8.82. The summed E-state index contributed by atoms with van der Waals surface area (Å²) in [5.74, 6) is -1.41. The van der Waals surface area contributed by atoms with Crippen molar-refractivity contribution in [2.24, 2.45) is 10.2 Å². The SMILES string of the molecule is [N]c1nc(N=[N+]=[N-])nc(N=[N+]=[N-])n1. The van der Waals surface area contributed by atoms with Crippen LogP contribution < -0.4 is 5.73 Å². The lowest BCUT2D eigenvalue weighted by molar-refractivity contribution is 1.00. The number of nitrogens with zero attached hydrogens (tertiary/aromatic N) is 10. The topological polar surface area (TPSA) is 158 Å². The number of aromatic nitrogens is 3. The van der Waals surface area contributed by atoms with Crippen molar-refractivity contribution in [3.05, 3.63) is 20.9 Å². The van der Waals surface area contributed by atoms with E-state index in [0.29, 0.717) is 0 Å². The molecule has 0 N–H and O–H groups in total. The smallest absolute Gasteiger partial charge is 0.205 e. The molecule has 0 aromatic carbocycles. The largest absolute Gasteiger partial charge is 0.272 e. The zero-order valence-corrected chi connectivity index (χ0v) is 5.97.